The molecule has 0 saturated heterocycles. The van der Waals surface area contributed by atoms with Crippen molar-refractivity contribution in [1.82, 2.24) is 15.4 Å². The third kappa shape index (κ3) is 3.52. The van der Waals surface area contributed by atoms with Crippen molar-refractivity contribution in [3.8, 4) is 5.75 Å². The summed E-state index contributed by atoms with van der Waals surface area (Å²) in [6.07, 6.45) is 0. The van der Waals surface area contributed by atoms with Crippen molar-refractivity contribution in [1.29, 1.82) is 0 Å². The quantitative estimate of drug-likeness (QED) is 0.671. The number of amides is 1. The number of carbonyl (C=O) groups is 1. The smallest absolute Gasteiger partial charge is 0.280 e. The van der Waals surface area contributed by atoms with Gasteiger partial charge in [0.15, 0.2) is 11.5 Å². The third-order valence-corrected chi connectivity index (χ3v) is 3.39. The van der Waals surface area contributed by atoms with Gasteiger partial charge in [0.25, 0.3) is 5.91 Å². The third-order valence-electron chi connectivity index (χ3n) is 3.39. The van der Waals surface area contributed by atoms with E-state index in [0.29, 0.717) is 11.5 Å². The molecule has 7 heteroatoms. The van der Waals surface area contributed by atoms with E-state index in [1.165, 1.54) is 0 Å². The van der Waals surface area contributed by atoms with Gasteiger partial charge in [0.1, 0.15) is 5.75 Å². The van der Waals surface area contributed by atoms with Crippen LogP contribution in [-0.4, -0.2) is 28.4 Å². The molecule has 1 amide bonds. The van der Waals surface area contributed by atoms with Gasteiger partial charge in [-0.1, -0.05) is 12.1 Å². The van der Waals surface area contributed by atoms with E-state index in [0.717, 1.165) is 17.0 Å². The number of nitrogens with zero attached hydrogens (tertiary/aromatic N) is 2. The number of methoxy groups -OCH3 is 1. The maximum absolute atomic E-state index is 12.4. The molecule has 0 spiro atoms. The number of anilines is 3. The van der Waals surface area contributed by atoms with Crippen LogP contribution in [0.15, 0.2) is 48.5 Å². The Kier molecular flexibility index (Phi) is 4.42. The van der Waals surface area contributed by atoms with Gasteiger partial charge in [-0.15, -0.1) is 10.2 Å². The highest BCUT2D eigenvalue weighted by molar-refractivity contribution is 6.06. The van der Waals surface area contributed by atoms with Crippen LogP contribution in [0.2, 0.25) is 0 Å². The second-order valence-electron chi connectivity index (χ2n) is 5.20. The molecule has 0 saturated carbocycles. The van der Waals surface area contributed by atoms with Gasteiger partial charge < -0.3 is 15.4 Å². The normalized spacial score (nSPS) is 10.2. The van der Waals surface area contributed by atoms with E-state index in [9.17, 15) is 4.79 Å². The van der Waals surface area contributed by atoms with Gasteiger partial charge in [0, 0.05) is 11.4 Å². The summed E-state index contributed by atoms with van der Waals surface area (Å²) < 4.78 is 5.12. The number of hydrogen-bond donors (Lipinski definition) is 3. The summed E-state index contributed by atoms with van der Waals surface area (Å²) in [7, 11) is 1.60. The monoisotopic (exact) mass is 323 g/mol. The highest BCUT2D eigenvalue weighted by Crippen LogP contribution is 2.21. The SMILES string of the molecule is COc1ccc(Nc2n[nH]nc2C(=O)Nc2cccc(C)c2)cc1. The van der Waals surface area contributed by atoms with Crippen LogP contribution in [0.5, 0.6) is 5.75 Å². The molecule has 3 rings (SSSR count). The molecule has 0 aliphatic rings. The van der Waals surface area contributed by atoms with Crippen LogP contribution >= 0.6 is 0 Å². The van der Waals surface area contributed by atoms with Crippen LogP contribution in [0.3, 0.4) is 0 Å². The topological polar surface area (TPSA) is 91.9 Å². The molecule has 1 heterocycles. The number of aromatic amines is 1. The molecule has 0 bridgehead atoms. The summed E-state index contributed by atoms with van der Waals surface area (Å²) in [6, 6.07) is 14.8. The Morgan fingerprint density at radius 2 is 1.88 bits per heavy atom. The zero-order chi connectivity index (χ0) is 16.9. The Bertz CT molecular complexity index is 842. The first-order chi connectivity index (χ1) is 11.7. The minimum Gasteiger partial charge on any atom is -0.497 e. The lowest BCUT2D eigenvalue weighted by molar-refractivity contribution is 0.102. The number of benzene rings is 2. The average molecular weight is 323 g/mol. The fourth-order valence-corrected chi connectivity index (χ4v) is 2.20. The van der Waals surface area contributed by atoms with E-state index < -0.39 is 0 Å². The van der Waals surface area contributed by atoms with Crippen molar-refractivity contribution in [2.75, 3.05) is 17.7 Å². The number of H-pyrrole nitrogens is 1. The Balaban J connectivity index is 1.75. The summed E-state index contributed by atoms with van der Waals surface area (Å²) in [5.41, 5.74) is 2.73. The summed E-state index contributed by atoms with van der Waals surface area (Å²) in [5.74, 6) is 0.758. The predicted octanol–water partition coefficient (Wildman–Crippen LogP) is 3.12. The number of hydrogen-bond acceptors (Lipinski definition) is 5. The van der Waals surface area contributed by atoms with Crippen molar-refractivity contribution in [3.63, 3.8) is 0 Å². The summed E-state index contributed by atoms with van der Waals surface area (Å²) in [6.45, 7) is 1.96. The first-order valence-electron chi connectivity index (χ1n) is 7.35. The highest BCUT2D eigenvalue weighted by atomic mass is 16.5. The maximum atomic E-state index is 12.4. The predicted molar refractivity (Wildman–Crippen MR) is 91.8 cm³/mol. The van der Waals surface area contributed by atoms with Crippen molar-refractivity contribution in [2.45, 2.75) is 6.92 Å². The van der Waals surface area contributed by atoms with Crippen LogP contribution in [-0.2, 0) is 0 Å². The average Bonchev–Trinajstić information content (AvgIpc) is 3.04. The number of rotatable bonds is 5. The molecule has 3 N–H and O–H groups in total. The maximum Gasteiger partial charge on any atom is 0.280 e. The van der Waals surface area contributed by atoms with E-state index >= 15 is 0 Å². The molecule has 1 aromatic heterocycles. The van der Waals surface area contributed by atoms with E-state index in [4.69, 9.17) is 4.74 Å². The van der Waals surface area contributed by atoms with E-state index in [2.05, 4.69) is 26.0 Å². The van der Waals surface area contributed by atoms with Gasteiger partial charge in [-0.25, -0.2) is 0 Å². The molecule has 7 nitrogen and oxygen atoms in total. The first kappa shape index (κ1) is 15.5. The van der Waals surface area contributed by atoms with Gasteiger partial charge in [-0.05, 0) is 48.9 Å². The minimum absolute atomic E-state index is 0.187. The second kappa shape index (κ2) is 6.82. The molecule has 3 aromatic rings. The van der Waals surface area contributed by atoms with Gasteiger partial charge >= 0.3 is 0 Å². The number of aromatic nitrogens is 3. The molecule has 0 unspecified atom stereocenters. The summed E-state index contributed by atoms with van der Waals surface area (Å²) in [5, 5.41) is 16.3. The van der Waals surface area contributed by atoms with Crippen LogP contribution in [0.1, 0.15) is 16.1 Å². The molecular formula is C17H17N5O2. The van der Waals surface area contributed by atoms with Crippen LogP contribution in [0, 0.1) is 6.92 Å². The minimum atomic E-state index is -0.342. The number of aryl methyl sites for hydroxylation is 1. The van der Waals surface area contributed by atoms with Crippen molar-refractivity contribution in [2.24, 2.45) is 0 Å². The molecule has 0 fully saturated rings. The van der Waals surface area contributed by atoms with Crippen molar-refractivity contribution < 1.29 is 9.53 Å². The van der Waals surface area contributed by atoms with Crippen LogP contribution < -0.4 is 15.4 Å². The van der Waals surface area contributed by atoms with Gasteiger partial charge in [0.05, 0.1) is 7.11 Å². The van der Waals surface area contributed by atoms with Crippen molar-refractivity contribution >= 4 is 23.1 Å². The lowest BCUT2D eigenvalue weighted by atomic mass is 10.2. The summed E-state index contributed by atoms with van der Waals surface area (Å²) >= 11 is 0. The Hall–Kier alpha value is -3.35. The number of ether oxygens (including phenoxy) is 1. The highest BCUT2D eigenvalue weighted by Gasteiger charge is 2.17. The van der Waals surface area contributed by atoms with Gasteiger partial charge in [-0.2, -0.15) is 5.21 Å². The second-order valence-corrected chi connectivity index (χ2v) is 5.20. The number of nitrogens with one attached hydrogen (secondary N) is 3. The van der Waals surface area contributed by atoms with Crippen LogP contribution in [0.25, 0.3) is 0 Å². The standard InChI is InChI=1S/C17H17N5O2/c1-11-4-3-5-13(10-11)19-17(23)15-16(21-22-20-15)18-12-6-8-14(24-2)9-7-12/h3-10H,1-2H3,(H,19,23)(H2,18,20,21,22). The Morgan fingerprint density at radius 3 is 2.58 bits per heavy atom. The fourth-order valence-electron chi connectivity index (χ4n) is 2.20. The lowest BCUT2D eigenvalue weighted by Gasteiger charge is -2.07. The first-order valence-corrected chi connectivity index (χ1v) is 7.35. The molecular weight excluding hydrogens is 306 g/mol. The zero-order valence-corrected chi connectivity index (χ0v) is 13.3. The van der Waals surface area contributed by atoms with Crippen LogP contribution in [0.4, 0.5) is 17.2 Å². The fraction of sp³-hybridized carbons (Fsp3) is 0.118. The largest absolute Gasteiger partial charge is 0.497 e. The molecule has 0 radical (unpaired) electrons. The van der Waals surface area contributed by atoms with Crippen molar-refractivity contribution in [3.05, 3.63) is 59.8 Å². The number of carbonyl (C=O) groups excluding carboxylic acids is 1. The molecule has 0 aliphatic carbocycles. The molecule has 2 aromatic carbocycles. The molecule has 122 valence electrons. The Morgan fingerprint density at radius 1 is 1.08 bits per heavy atom. The molecule has 0 atom stereocenters. The van der Waals surface area contributed by atoms with E-state index in [1.807, 2.05) is 55.5 Å². The lowest BCUT2D eigenvalue weighted by Crippen LogP contribution is -2.14. The van der Waals surface area contributed by atoms with Gasteiger partial charge in [0.2, 0.25) is 0 Å². The Labute approximate surface area is 139 Å². The van der Waals surface area contributed by atoms with Gasteiger partial charge in [-0.3, -0.25) is 4.79 Å². The van der Waals surface area contributed by atoms with E-state index in [1.54, 1.807) is 7.11 Å². The molecule has 0 aliphatic heterocycles. The summed E-state index contributed by atoms with van der Waals surface area (Å²) in [4.78, 5) is 12.4. The molecule has 24 heavy (non-hydrogen) atoms. The van der Waals surface area contributed by atoms with E-state index in [-0.39, 0.29) is 11.6 Å². The zero-order valence-electron chi connectivity index (χ0n) is 13.3.